The van der Waals surface area contributed by atoms with Crippen LogP contribution in [0.3, 0.4) is 0 Å². The van der Waals surface area contributed by atoms with Gasteiger partial charge in [0.15, 0.2) is 0 Å². The molecule has 1 fully saturated rings. The van der Waals surface area contributed by atoms with Gasteiger partial charge in [-0.25, -0.2) is 4.79 Å². The third-order valence-corrected chi connectivity index (χ3v) is 5.98. The van der Waals surface area contributed by atoms with E-state index in [2.05, 4.69) is 16.0 Å². The van der Waals surface area contributed by atoms with Crippen molar-refractivity contribution in [3.05, 3.63) is 83.9 Å². The van der Waals surface area contributed by atoms with Crippen molar-refractivity contribution in [1.29, 1.82) is 0 Å². The minimum atomic E-state index is -1.05. The summed E-state index contributed by atoms with van der Waals surface area (Å²) >= 11 is 0. The topological polar surface area (TPSA) is 114 Å². The van der Waals surface area contributed by atoms with Gasteiger partial charge in [0.1, 0.15) is 12.6 Å². The molecule has 0 unspecified atom stereocenters. The summed E-state index contributed by atoms with van der Waals surface area (Å²) < 4.78 is 5.29. The summed E-state index contributed by atoms with van der Waals surface area (Å²) in [5.74, 6) is -1.86. The van der Waals surface area contributed by atoms with Crippen molar-refractivity contribution in [2.75, 3.05) is 6.54 Å². The second-order valence-electron chi connectivity index (χ2n) is 8.49. The third-order valence-electron chi connectivity index (χ3n) is 5.98. The molecule has 3 aromatic rings. The van der Waals surface area contributed by atoms with Crippen molar-refractivity contribution in [3.8, 4) is 0 Å². The highest BCUT2D eigenvalue weighted by Gasteiger charge is 2.29. The number of hydrogen-bond acceptors (Lipinski definition) is 5. The first-order valence-corrected chi connectivity index (χ1v) is 11.5. The van der Waals surface area contributed by atoms with E-state index in [0.29, 0.717) is 13.0 Å². The SMILES string of the molecule is O=C(C[C@@H]1CCNC1=O)NC(=O)[C@H](Cc1cccc2ccccc12)NC(=O)OCc1ccccc1. The molecule has 1 aliphatic heterocycles. The van der Waals surface area contributed by atoms with Crippen molar-refractivity contribution in [3.63, 3.8) is 0 Å². The Bertz CT molecular complexity index is 1220. The fraction of sp³-hybridized carbons (Fsp3) is 0.259. The van der Waals surface area contributed by atoms with Crippen LogP contribution in [-0.2, 0) is 32.1 Å². The predicted octanol–water partition coefficient (Wildman–Crippen LogP) is 2.85. The summed E-state index contributed by atoms with van der Waals surface area (Å²) in [5.41, 5.74) is 1.65. The van der Waals surface area contributed by atoms with Gasteiger partial charge in [0, 0.05) is 25.3 Å². The van der Waals surface area contributed by atoms with Crippen LogP contribution in [0.5, 0.6) is 0 Å². The van der Waals surface area contributed by atoms with Crippen LogP contribution in [0.2, 0.25) is 0 Å². The lowest BCUT2D eigenvalue weighted by Crippen LogP contribution is -2.50. The van der Waals surface area contributed by atoms with Gasteiger partial charge in [0.2, 0.25) is 17.7 Å². The Morgan fingerprint density at radius 3 is 2.49 bits per heavy atom. The number of benzene rings is 3. The average Bonchev–Trinajstić information content (AvgIpc) is 3.27. The van der Waals surface area contributed by atoms with Crippen molar-refractivity contribution >= 4 is 34.6 Å². The second kappa shape index (κ2) is 11.3. The number of carbonyl (C=O) groups excluding carboxylic acids is 4. The molecule has 3 aromatic carbocycles. The number of hydrogen-bond donors (Lipinski definition) is 3. The number of carbonyl (C=O) groups is 4. The van der Waals surface area contributed by atoms with Crippen LogP contribution in [-0.4, -0.2) is 36.4 Å². The van der Waals surface area contributed by atoms with E-state index in [4.69, 9.17) is 4.74 Å². The average molecular weight is 474 g/mol. The maximum absolute atomic E-state index is 13.1. The minimum Gasteiger partial charge on any atom is -0.445 e. The quantitative estimate of drug-likeness (QED) is 0.466. The van der Waals surface area contributed by atoms with Crippen LogP contribution in [0.15, 0.2) is 72.8 Å². The van der Waals surface area contributed by atoms with E-state index < -0.39 is 29.9 Å². The van der Waals surface area contributed by atoms with E-state index in [1.54, 1.807) is 0 Å². The first-order chi connectivity index (χ1) is 17.0. The van der Waals surface area contributed by atoms with Crippen LogP contribution in [0.25, 0.3) is 10.8 Å². The van der Waals surface area contributed by atoms with Crippen LogP contribution in [0.1, 0.15) is 24.0 Å². The van der Waals surface area contributed by atoms with E-state index >= 15 is 0 Å². The maximum Gasteiger partial charge on any atom is 0.408 e. The smallest absolute Gasteiger partial charge is 0.408 e. The van der Waals surface area contributed by atoms with Gasteiger partial charge in [-0.2, -0.15) is 0 Å². The highest BCUT2D eigenvalue weighted by molar-refractivity contribution is 6.00. The summed E-state index contributed by atoms with van der Waals surface area (Å²) in [6.45, 7) is 0.564. The normalized spacial score (nSPS) is 15.8. The standard InChI is InChI=1S/C27H27N3O5/c31-24(16-21-13-14-28-25(21)32)30-26(33)23(29-27(34)35-17-18-7-2-1-3-8-18)15-20-11-6-10-19-9-4-5-12-22(19)20/h1-12,21,23H,13-17H2,(H,28,32)(H,29,34)(H,30,31,33)/t21-,23-/m0/s1. The van der Waals surface area contributed by atoms with E-state index in [1.807, 2.05) is 72.8 Å². The van der Waals surface area contributed by atoms with E-state index in [9.17, 15) is 19.2 Å². The molecule has 0 saturated carbocycles. The van der Waals surface area contributed by atoms with Crippen LogP contribution in [0.4, 0.5) is 4.79 Å². The first-order valence-electron chi connectivity index (χ1n) is 11.5. The fourth-order valence-electron chi connectivity index (χ4n) is 4.15. The van der Waals surface area contributed by atoms with Gasteiger partial charge in [0.05, 0.1) is 0 Å². The molecule has 0 aromatic heterocycles. The van der Waals surface area contributed by atoms with Gasteiger partial charge in [-0.1, -0.05) is 72.8 Å². The Morgan fingerprint density at radius 1 is 0.971 bits per heavy atom. The molecule has 0 bridgehead atoms. The van der Waals surface area contributed by atoms with Crippen LogP contribution in [0, 0.1) is 5.92 Å². The van der Waals surface area contributed by atoms with Gasteiger partial charge in [-0.05, 0) is 28.3 Å². The molecule has 3 N–H and O–H groups in total. The number of amides is 4. The summed E-state index contributed by atoms with van der Waals surface area (Å²) in [6.07, 6.45) is -0.150. The van der Waals surface area contributed by atoms with Gasteiger partial charge < -0.3 is 15.4 Å². The minimum absolute atomic E-state index is 0.0466. The molecule has 8 nitrogen and oxygen atoms in total. The monoisotopic (exact) mass is 473 g/mol. The number of rotatable bonds is 8. The van der Waals surface area contributed by atoms with Crippen LogP contribution < -0.4 is 16.0 Å². The zero-order chi connectivity index (χ0) is 24.6. The molecular formula is C27H27N3O5. The Labute approximate surface area is 203 Å². The molecule has 180 valence electrons. The lowest BCUT2D eigenvalue weighted by Gasteiger charge is -2.19. The first kappa shape index (κ1) is 23.9. The van der Waals surface area contributed by atoms with Gasteiger partial charge in [-0.15, -0.1) is 0 Å². The number of fused-ring (bicyclic) bond motifs is 1. The van der Waals surface area contributed by atoms with Gasteiger partial charge >= 0.3 is 6.09 Å². The highest BCUT2D eigenvalue weighted by atomic mass is 16.5. The van der Waals surface area contributed by atoms with Crippen molar-refractivity contribution in [1.82, 2.24) is 16.0 Å². The number of nitrogens with one attached hydrogen (secondary N) is 3. The lowest BCUT2D eigenvalue weighted by molar-refractivity contribution is -0.134. The van der Waals surface area contributed by atoms with E-state index in [-0.39, 0.29) is 25.4 Å². The molecule has 0 aliphatic carbocycles. The van der Waals surface area contributed by atoms with Crippen LogP contribution >= 0.6 is 0 Å². The summed E-state index contributed by atoms with van der Waals surface area (Å²) in [5, 5.41) is 9.57. The molecule has 1 heterocycles. The fourth-order valence-corrected chi connectivity index (χ4v) is 4.15. The molecule has 0 spiro atoms. The van der Waals surface area contributed by atoms with E-state index in [0.717, 1.165) is 21.9 Å². The number of imide groups is 1. The highest BCUT2D eigenvalue weighted by Crippen LogP contribution is 2.20. The van der Waals surface area contributed by atoms with Crippen molar-refractivity contribution in [2.24, 2.45) is 5.92 Å². The largest absolute Gasteiger partial charge is 0.445 e. The van der Waals surface area contributed by atoms with Crippen molar-refractivity contribution < 1.29 is 23.9 Å². The maximum atomic E-state index is 13.1. The zero-order valence-electron chi connectivity index (χ0n) is 19.2. The van der Waals surface area contributed by atoms with Crippen molar-refractivity contribution in [2.45, 2.75) is 31.9 Å². The Hall–Kier alpha value is -4.20. The molecule has 1 aliphatic rings. The summed E-state index contributed by atoms with van der Waals surface area (Å²) in [4.78, 5) is 49.8. The third kappa shape index (κ3) is 6.44. The Morgan fingerprint density at radius 2 is 1.71 bits per heavy atom. The molecule has 4 amide bonds. The van der Waals surface area contributed by atoms with Gasteiger partial charge in [0.25, 0.3) is 0 Å². The predicted molar refractivity (Wildman–Crippen MR) is 130 cm³/mol. The molecule has 35 heavy (non-hydrogen) atoms. The Kier molecular flexibility index (Phi) is 7.72. The summed E-state index contributed by atoms with van der Waals surface area (Å²) in [7, 11) is 0. The summed E-state index contributed by atoms with van der Waals surface area (Å²) in [6, 6.07) is 21.6. The molecule has 1 saturated heterocycles. The molecule has 0 radical (unpaired) electrons. The number of ether oxygens (including phenoxy) is 1. The molecule has 8 heteroatoms. The van der Waals surface area contributed by atoms with Gasteiger partial charge in [-0.3, -0.25) is 19.7 Å². The Balaban J connectivity index is 1.46. The zero-order valence-corrected chi connectivity index (χ0v) is 19.2. The van der Waals surface area contributed by atoms with E-state index in [1.165, 1.54) is 0 Å². The number of alkyl carbamates (subject to hydrolysis) is 1. The molecule has 2 atom stereocenters. The second-order valence-corrected chi connectivity index (χ2v) is 8.49. The molecular weight excluding hydrogens is 446 g/mol. The molecule has 4 rings (SSSR count). The lowest BCUT2D eigenvalue weighted by atomic mass is 9.98.